The van der Waals surface area contributed by atoms with E-state index in [-0.39, 0.29) is 0 Å². The van der Waals surface area contributed by atoms with E-state index in [1.165, 1.54) is 47.1 Å². The molecule has 0 N–H and O–H groups in total. The lowest BCUT2D eigenvalue weighted by Gasteiger charge is -2.18. The Morgan fingerprint density at radius 2 is 1.67 bits per heavy atom. The maximum Gasteiger partial charge on any atom is -0.00699 e. The van der Waals surface area contributed by atoms with Gasteiger partial charge in [-0.1, -0.05) is 91.5 Å². The first-order valence-corrected chi connectivity index (χ1v) is 11.6. The lowest BCUT2D eigenvalue weighted by Crippen LogP contribution is -2.03. The van der Waals surface area contributed by atoms with E-state index in [1.54, 1.807) is 0 Å². The summed E-state index contributed by atoms with van der Waals surface area (Å²) in [6.07, 6.45) is 27.5. The summed E-state index contributed by atoms with van der Waals surface area (Å²) in [7, 11) is 0. The van der Waals surface area contributed by atoms with Crippen molar-refractivity contribution in [3.05, 3.63) is 95.7 Å². The molecule has 0 aromatic heterocycles. The molecule has 0 aliphatic rings. The van der Waals surface area contributed by atoms with Gasteiger partial charge in [-0.15, -0.1) is 0 Å². The molecule has 0 radical (unpaired) electrons. The van der Waals surface area contributed by atoms with Crippen LogP contribution in [0.5, 0.6) is 0 Å². The van der Waals surface area contributed by atoms with E-state index >= 15 is 0 Å². The smallest absolute Gasteiger partial charge is 0.00699 e. The summed E-state index contributed by atoms with van der Waals surface area (Å²) >= 11 is 0. The number of unbranched alkanes of at least 4 members (excludes halogenated alkanes) is 1. The standard InChI is InChI=1S/C30H46/c1-9-16-28(12-4)18-14-13-15-19-30(27(8)11-3)23-21-26(7)24-29(17-10-2)22-20-25(5)6/h9-11,14,16-18,20,22,30H,1,7,12-13,15,19,21,23-24H2,2-6,8H3/b17-10-,18-14-,27-11+,28-16-,29-22+. The molecule has 0 aromatic rings. The third-order valence-electron chi connectivity index (χ3n) is 5.41. The van der Waals surface area contributed by atoms with E-state index in [9.17, 15) is 0 Å². The molecule has 0 fully saturated rings. The van der Waals surface area contributed by atoms with Crippen molar-refractivity contribution in [1.82, 2.24) is 0 Å². The summed E-state index contributed by atoms with van der Waals surface area (Å²) in [5, 5.41) is 0. The Bertz CT molecular complexity index is 682. The molecule has 0 aliphatic carbocycles. The van der Waals surface area contributed by atoms with Crippen LogP contribution in [0.1, 0.15) is 86.5 Å². The van der Waals surface area contributed by atoms with Crippen LogP contribution in [0.4, 0.5) is 0 Å². The number of allylic oxidation sites excluding steroid dienone is 14. The van der Waals surface area contributed by atoms with E-state index in [0.29, 0.717) is 5.92 Å². The van der Waals surface area contributed by atoms with Crippen molar-refractivity contribution < 1.29 is 0 Å². The molecular formula is C30H46. The second kappa shape index (κ2) is 17.8. The minimum Gasteiger partial charge on any atom is -0.0995 e. The molecule has 0 aliphatic heterocycles. The summed E-state index contributed by atoms with van der Waals surface area (Å²) < 4.78 is 0. The normalized spacial score (nSPS) is 14.4. The maximum atomic E-state index is 4.38. The van der Waals surface area contributed by atoms with Crippen LogP contribution in [0.15, 0.2) is 95.7 Å². The lowest BCUT2D eigenvalue weighted by atomic mass is 9.87. The molecule has 0 nitrogen and oxygen atoms in total. The highest BCUT2D eigenvalue weighted by Gasteiger charge is 2.11. The minimum atomic E-state index is 0.654. The van der Waals surface area contributed by atoms with Crippen molar-refractivity contribution in [3.8, 4) is 0 Å². The van der Waals surface area contributed by atoms with Gasteiger partial charge in [0.1, 0.15) is 0 Å². The van der Waals surface area contributed by atoms with E-state index in [4.69, 9.17) is 0 Å². The fraction of sp³-hybridized carbons (Fsp3) is 0.467. The summed E-state index contributed by atoms with van der Waals surface area (Å²) in [5.41, 5.74) is 6.86. The Labute approximate surface area is 188 Å². The molecule has 0 rings (SSSR count). The first-order chi connectivity index (χ1) is 14.4. The molecule has 0 saturated heterocycles. The van der Waals surface area contributed by atoms with Gasteiger partial charge >= 0.3 is 0 Å². The highest BCUT2D eigenvalue weighted by molar-refractivity contribution is 5.29. The van der Waals surface area contributed by atoms with E-state index in [1.807, 2.05) is 6.08 Å². The first-order valence-electron chi connectivity index (χ1n) is 11.6. The summed E-state index contributed by atoms with van der Waals surface area (Å²) in [4.78, 5) is 0. The summed E-state index contributed by atoms with van der Waals surface area (Å²) in [6.45, 7) is 21.2. The third-order valence-corrected chi connectivity index (χ3v) is 5.41. The third kappa shape index (κ3) is 14.0. The Kier molecular flexibility index (Phi) is 16.5. The predicted molar refractivity (Wildman–Crippen MR) is 140 cm³/mol. The highest BCUT2D eigenvalue weighted by atomic mass is 14.2. The van der Waals surface area contributed by atoms with Gasteiger partial charge in [0.05, 0.1) is 0 Å². The second-order valence-corrected chi connectivity index (χ2v) is 8.34. The number of hydrogen-bond donors (Lipinski definition) is 0. The predicted octanol–water partition coefficient (Wildman–Crippen LogP) is 10.0. The second-order valence-electron chi connectivity index (χ2n) is 8.34. The Morgan fingerprint density at radius 1 is 0.933 bits per heavy atom. The first kappa shape index (κ1) is 27.9. The maximum absolute atomic E-state index is 4.38. The zero-order chi connectivity index (χ0) is 22.8. The Balaban J connectivity index is 4.73. The monoisotopic (exact) mass is 406 g/mol. The van der Waals surface area contributed by atoms with Crippen LogP contribution in [-0.2, 0) is 0 Å². The van der Waals surface area contributed by atoms with Crippen molar-refractivity contribution in [2.24, 2.45) is 5.92 Å². The molecule has 0 spiro atoms. The van der Waals surface area contributed by atoms with E-state index in [0.717, 1.165) is 25.7 Å². The van der Waals surface area contributed by atoms with Crippen LogP contribution in [0.2, 0.25) is 0 Å². The van der Waals surface area contributed by atoms with E-state index < -0.39 is 0 Å². The van der Waals surface area contributed by atoms with Crippen molar-refractivity contribution in [1.29, 1.82) is 0 Å². The van der Waals surface area contributed by atoms with Gasteiger partial charge in [0, 0.05) is 0 Å². The summed E-state index contributed by atoms with van der Waals surface area (Å²) in [5.74, 6) is 0.654. The van der Waals surface area contributed by atoms with Gasteiger partial charge in [-0.3, -0.25) is 0 Å². The van der Waals surface area contributed by atoms with Crippen LogP contribution in [0.3, 0.4) is 0 Å². The molecule has 166 valence electrons. The van der Waals surface area contributed by atoms with Crippen LogP contribution in [-0.4, -0.2) is 0 Å². The van der Waals surface area contributed by atoms with Crippen LogP contribution in [0.25, 0.3) is 0 Å². The average Bonchev–Trinajstić information content (AvgIpc) is 2.72. The number of hydrogen-bond acceptors (Lipinski definition) is 0. The summed E-state index contributed by atoms with van der Waals surface area (Å²) in [6, 6.07) is 0. The van der Waals surface area contributed by atoms with Crippen molar-refractivity contribution >= 4 is 0 Å². The molecule has 30 heavy (non-hydrogen) atoms. The van der Waals surface area contributed by atoms with Gasteiger partial charge in [-0.05, 0) is 96.6 Å². The largest absolute Gasteiger partial charge is 0.0995 e. The van der Waals surface area contributed by atoms with Crippen molar-refractivity contribution in [3.63, 3.8) is 0 Å². The van der Waals surface area contributed by atoms with Gasteiger partial charge in [0.2, 0.25) is 0 Å². The van der Waals surface area contributed by atoms with Gasteiger partial charge < -0.3 is 0 Å². The van der Waals surface area contributed by atoms with Gasteiger partial charge in [-0.2, -0.15) is 0 Å². The quantitative estimate of drug-likeness (QED) is 0.144. The fourth-order valence-corrected chi connectivity index (χ4v) is 3.41. The molecule has 1 atom stereocenters. The van der Waals surface area contributed by atoms with Crippen LogP contribution in [0, 0.1) is 5.92 Å². The zero-order valence-electron chi connectivity index (χ0n) is 20.6. The molecule has 0 saturated carbocycles. The average molecular weight is 407 g/mol. The molecule has 0 aromatic carbocycles. The fourth-order valence-electron chi connectivity index (χ4n) is 3.41. The topological polar surface area (TPSA) is 0 Å². The van der Waals surface area contributed by atoms with Gasteiger partial charge in [-0.25, -0.2) is 0 Å². The van der Waals surface area contributed by atoms with Crippen molar-refractivity contribution in [2.45, 2.75) is 86.5 Å². The molecular weight excluding hydrogens is 360 g/mol. The molecule has 0 bridgehead atoms. The molecule has 1 unspecified atom stereocenters. The molecule has 0 amide bonds. The van der Waals surface area contributed by atoms with Crippen molar-refractivity contribution in [2.75, 3.05) is 0 Å². The van der Waals surface area contributed by atoms with Gasteiger partial charge in [0.25, 0.3) is 0 Å². The SMILES string of the molecule is C=C/C=C(\C=C/CCCC(CCC(=C)CC(/C=C\C)=C/C=C(C)C)/C(C)=C/C)CC. The Hall–Kier alpha value is -2.08. The minimum absolute atomic E-state index is 0.654. The zero-order valence-corrected chi connectivity index (χ0v) is 20.6. The molecule has 0 heteroatoms. The van der Waals surface area contributed by atoms with Crippen LogP contribution < -0.4 is 0 Å². The highest BCUT2D eigenvalue weighted by Crippen LogP contribution is 2.27. The van der Waals surface area contributed by atoms with Gasteiger partial charge in [0.15, 0.2) is 0 Å². The molecule has 0 heterocycles. The lowest BCUT2D eigenvalue weighted by molar-refractivity contribution is 0.497. The van der Waals surface area contributed by atoms with Crippen LogP contribution >= 0.6 is 0 Å². The van der Waals surface area contributed by atoms with E-state index in [2.05, 4.69) is 103 Å². The number of rotatable bonds is 15. The Morgan fingerprint density at radius 3 is 2.23 bits per heavy atom.